The molecule has 3 amide bonds. The van der Waals surface area contributed by atoms with Gasteiger partial charge in [0.05, 0.1) is 17.4 Å². The predicted octanol–water partition coefficient (Wildman–Crippen LogP) is 1.98. The van der Waals surface area contributed by atoms with Gasteiger partial charge in [-0.25, -0.2) is 4.98 Å². The third kappa shape index (κ3) is 2.18. The fourth-order valence-electron chi connectivity index (χ4n) is 4.58. The van der Waals surface area contributed by atoms with Crippen LogP contribution in [-0.4, -0.2) is 34.2 Å². The van der Waals surface area contributed by atoms with Crippen LogP contribution in [-0.2, 0) is 14.4 Å². The molecule has 6 nitrogen and oxygen atoms in total. The minimum atomic E-state index is -0.408. The molecule has 1 saturated heterocycles. The first-order chi connectivity index (χ1) is 12.6. The number of nitrogens with one attached hydrogen (secondary N) is 1. The number of hydrogen-bond donors (Lipinski definition) is 1. The standard InChI is InChI=1S/C20H17N3O3/c24-16(22-15-8-7-11-3-1-2-4-14(11)21-15)10-23-19(25)17-12-5-6-13(9-12)18(17)20(23)26/h1-8,12-13,17-18H,9-10H2,(H,21,22,24)/t12-,13-,17-,18-/m0/s1. The van der Waals surface area contributed by atoms with Gasteiger partial charge in [-0.05, 0) is 36.5 Å². The maximum Gasteiger partial charge on any atom is 0.245 e. The van der Waals surface area contributed by atoms with Gasteiger partial charge in [-0.3, -0.25) is 19.3 Å². The monoisotopic (exact) mass is 347 g/mol. The van der Waals surface area contributed by atoms with E-state index in [1.807, 2.05) is 42.5 Å². The number of para-hydroxylation sites is 1. The van der Waals surface area contributed by atoms with Gasteiger partial charge in [-0.1, -0.05) is 30.4 Å². The molecule has 2 aromatic rings. The molecule has 1 aliphatic heterocycles. The van der Waals surface area contributed by atoms with E-state index >= 15 is 0 Å². The van der Waals surface area contributed by atoms with E-state index in [-0.39, 0.29) is 42.0 Å². The zero-order valence-electron chi connectivity index (χ0n) is 14.0. The molecule has 2 bridgehead atoms. The number of likely N-dealkylation sites (tertiary alicyclic amines) is 1. The predicted molar refractivity (Wildman–Crippen MR) is 94.8 cm³/mol. The van der Waals surface area contributed by atoms with E-state index in [0.29, 0.717) is 5.82 Å². The molecule has 0 unspecified atom stereocenters. The molecule has 4 atom stereocenters. The van der Waals surface area contributed by atoms with Crippen molar-refractivity contribution in [2.45, 2.75) is 6.42 Å². The highest BCUT2D eigenvalue weighted by molar-refractivity contribution is 6.09. The number of carbonyl (C=O) groups is 3. The fourth-order valence-corrected chi connectivity index (χ4v) is 4.58. The Kier molecular flexibility index (Phi) is 3.22. The van der Waals surface area contributed by atoms with Crippen LogP contribution in [0.2, 0.25) is 0 Å². The number of benzene rings is 1. The summed E-state index contributed by atoms with van der Waals surface area (Å²) in [5, 5.41) is 3.67. The Morgan fingerprint density at radius 1 is 1.04 bits per heavy atom. The van der Waals surface area contributed by atoms with Crippen LogP contribution >= 0.6 is 0 Å². The van der Waals surface area contributed by atoms with Gasteiger partial charge in [0, 0.05) is 5.39 Å². The topological polar surface area (TPSA) is 79.4 Å². The van der Waals surface area contributed by atoms with Gasteiger partial charge in [-0.2, -0.15) is 0 Å². The molecule has 1 N–H and O–H groups in total. The molecule has 1 aromatic heterocycles. The Morgan fingerprint density at radius 3 is 2.46 bits per heavy atom. The van der Waals surface area contributed by atoms with Crippen LogP contribution in [0.5, 0.6) is 0 Å². The third-order valence-electron chi connectivity index (χ3n) is 5.73. The van der Waals surface area contributed by atoms with E-state index in [1.165, 1.54) is 0 Å². The van der Waals surface area contributed by atoms with Crippen LogP contribution in [0, 0.1) is 23.7 Å². The molecular formula is C20H17N3O3. The van der Waals surface area contributed by atoms with Crippen molar-refractivity contribution in [2.75, 3.05) is 11.9 Å². The SMILES string of the molecule is O=C(CN1C(=O)[C@@H]2[C@@H](C1=O)[C@H]1C=C[C@H]2C1)Nc1ccc2ccccc2n1. The van der Waals surface area contributed by atoms with E-state index < -0.39 is 5.91 Å². The molecule has 5 rings (SSSR count). The quantitative estimate of drug-likeness (QED) is 0.680. The maximum absolute atomic E-state index is 12.6. The molecule has 1 aromatic carbocycles. The van der Waals surface area contributed by atoms with Crippen molar-refractivity contribution in [1.82, 2.24) is 9.88 Å². The number of rotatable bonds is 3. The molecule has 6 heteroatoms. The highest BCUT2D eigenvalue weighted by Gasteiger charge is 2.59. The van der Waals surface area contributed by atoms with Crippen molar-refractivity contribution in [3.05, 3.63) is 48.6 Å². The van der Waals surface area contributed by atoms with Crippen LogP contribution in [0.25, 0.3) is 10.9 Å². The summed E-state index contributed by atoms with van der Waals surface area (Å²) in [6.45, 7) is -0.251. The fraction of sp³-hybridized carbons (Fsp3) is 0.300. The summed E-state index contributed by atoms with van der Waals surface area (Å²) < 4.78 is 0. The second kappa shape index (κ2) is 5.49. The van der Waals surface area contributed by atoms with Crippen molar-refractivity contribution >= 4 is 34.4 Å². The first kappa shape index (κ1) is 15.3. The van der Waals surface area contributed by atoms with E-state index in [2.05, 4.69) is 10.3 Å². The van der Waals surface area contributed by atoms with Crippen LogP contribution in [0.15, 0.2) is 48.6 Å². The second-order valence-corrected chi connectivity index (χ2v) is 7.20. The number of imide groups is 1. The first-order valence-corrected chi connectivity index (χ1v) is 8.81. The van der Waals surface area contributed by atoms with Crippen molar-refractivity contribution in [2.24, 2.45) is 23.7 Å². The molecule has 1 saturated carbocycles. The van der Waals surface area contributed by atoms with Crippen molar-refractivity contribution in [3.63, 3.8) is 0 Å². The lowest BCUT2D eigenvalue weighted by molar-refractivity contribution is -0.143. The number of amides is 3. The first-order valence-electron chi connectivity index (χ1n) is 8.81. The van der Waals surface area contributed by atoms with Gasteiger partial charge >= 0.3 is 0 Å². The molecule has 2 fully saturated rings. The smallest absolute Gasteiger partial charge is 0.245 e. The zero-order chi connectivity index (χ0) is 17.8. The van der Waals surface area contributed by atoms with Crippen LogP contribution in [0.3, 0.4) is 0 Å². The molecule has 3 aliphatic rings. The van der Waals surface area contributed by atoms with Gasteiger partial charge in [-0.15, -0.1) is 0 Å². The number of fused-ring (bicyclic) bond motifs is 6. The lowest BCUT2D eigenvalue weighted by atomic mass is 9.85. The van der Waals surface area contributed by atoms with Gasteiger partial charge in [0.25, 0.3) is 0 Å². The zero-order valence-corrected chi connectivity index (χ0v) is 14.0. The van der Waals surface area contributed by atoms with Gasteiger partial charge < -0.3 is 5.32 Å². The van der Waals surface area contributed by atoms with Crippen LogP contribution in [0.4, 0.5) is 5.82 Å². The second-order valence-electron chi connectivity index (χ2n) is 7.20. The van der Waals surface area contributed by atoms with Crippen molar-refractivity contribution in [3.8, 4) is 0 Å². The lowest BCUT2D eigenvalue weighted by Gasteiger charge is -2.16. The Balaban J connectivity index is 1.31. The number of nitrogens with zero attached hydrogens (tertiary/aromatic N) is 2. The van der Waals surface area contributed by atoms with E-state index in [9.17, 15) is 14.4 Å². The number of hydrogen-bond acceptors (Lipinski definition) is 4. The minimum absolute atomic E-state index is 0.150. The Morgan fingerprint density at radius 2 is 1.73 bits per heavy atom. The highest BCUT2D eigenvalue weighted by Crippen LogP contribution is 2.52. The maximum atomic E-state index is 12.6. The molecule has 2 heterocycles. The Hall–Kier alpha value is -3.02. The summed E-state index contributed by atoms with van der Waals surface area (Å²) in [6.07, 6.45) is 4.97. The summed E-state index contributed by atoms with van der Waals surface area (Å²) in [5.74, 6) is -0.664. The van der Waals surface area contributed by atoms with Crippen LogP contribution in [0.1, 0.15) is 6.42 Å². The molecule has 0 radical (unpaired) electrons. The molecule has 130 valence electrons. The summed E-state index contributed by atoms with van der Waals surface area (Å²) in [6, 6.07) is 11.2. The Bertz CT molecular complexity index is 953. The van der Waals surface area contributed by atoms with Crippen molar-refractivity contribution < 1.29 is 14.4 Å². The average Bonchev–Trinajstić information content (AvgIpc) is 3.32. The van der Waals surface area contributed by atoms with Crippen molar-refractivity contribution in [1.29, 1.82) is 0 Å². The lowest BCUT2D eigenvalue weighted by Crippen LogP contribution is -2.39. The number of aromatic nitrogens is 1. The largest absolute Gasteiger partial charge is 0.309 e. The average molecular weight is 347 g/mol. The summed E-state index contributed by atoms with van der Waals surface area (Å²) in [5.41, 5.74) is 0.774. The van der Waals surface area contributed by atoms with E-state index in [0.717, 1.165) is 22.2 Å². The highest BCUT2D eigenvalue weighted by atomic mass is 16.2. The third-order valence-corrected chi connectivity index (χ3v) is 5.73. The number of allylic oxidation sites excluding steroid dienone is 2. The number of pyridine rings is 1. The van der Waals surface area contributed by atoms with Gasteiger partial charge in [0.1, 0.15) is 12.4 Å². The summed E-state index contributed by atoms with van der Waals surface area (Å²) >= 11 is 0. The molecular weight excluding hydrogens is 330 g/mol. The normalized spacial score (nSPS) is 28.8. The molecule has 2 aliphatic carbocycles. The Labute approximate surface area is 149 Å². The number of anilines is 1. The molecule has 0 spiro atoms. The molecule has 26 heavy (non-hydrogen) atoms. The summed E-state index contributed by atoms with van der Waals surface area (Å²) in [4.78, 5) is 43.1. The number of carbonyl (C=O) groups excluding carboxylic acids is 3. The van der Waals surface area contributed by atoms with Gasteiger partial charge in [0.2, 0.25) is 17.7 Å². The van der Waals surface area contributed by atoms with E-state index in [4.69, 9.17) is 0 Å². The van der Waals surface area contributed by atoms with Crippen LogP contribution < -0.4 is 5.32 Å². The van der Waals surface area contributed by atoms with Gasteiger partial charge in [0.15, 0.2) is 0 Å². The summed E-state index contributed by atoms with van der Waals surface area (Å²) in [7, 11) is 0. The van der Waals surface area contributed by atoms with E-state index in [1.54, 1.807) is 6.07 Å². The minimum Gasteiger partial charge on any atom is -0.309 e.